The van der Waals surface area contributed by atoms with Crippen molar-refractivity contribution in [2.24, 2.45) is 0 Å². The third-order valence-corrected chi connectivity index (χ3v) is 11.8. The van der Waals surface area contributed by atoms with E-state index in [1.165, 1.54) is 99.0 Å². The first-order valence-corrected chi connectivity index (χ1v) is 19.6. The topological polar surface area (TPSA) is 14.8 Å². The molecule has 0 aliphatic rings. The molecule has 3 nitrogen and oxygen atoms in total. The summed E-state index contributed by atoms with van der Waals surface area (Å²) in [6, 6.07) is 77.3. The number of hydrogen-bond donors (Lipinski definition) is 0. The minimum absolute atomic E-state index is 1.13. The van der Waals surface area contributed by atoms with Crippen LogP contribution in [-0.2, 0) is 0 Å². The molecule has 57 heavy (non-hydrogen) atoms. The quantitative estimate of drug-likeness (QED) is 0.168. The number of nitrogens with zero attached hydrogens (tertiary/aromatic N) is 3. The summed E-state index contributed by atoms with van der Waals surface area (Å²) in [7, 11) is 0. The Balaban J connectivity index is 1.09. The number of para-hydroxylation sites is 6. The normalized spacial score (nSPS) is 11.9. The van der Waals surface area contributed by atoms with Gasteiger partial charge >= 0.3 is 0 Å². The molecule has 0 saturated carbocycles. The average molecular weight is 726 g/mol. The second-order valence-electron chi connectivity index (χ2n) is 14.9. The number of aromatic nitrogens is 3. The van der Waals surface area contributed by atoms with E-state index >= 15 is 0 Å². The van der Waals surface area contributed by atoms with E-state index in [0.29, 0.717) is 0 Å². The van der Waals surface area contributed by atoms with Gasteiger partial charge in [0.05, 0.1) is 38.8 Å². The van der Waals surface area contributed by atoms with Gasteiger partial charge < -0.3 is 13.7 Å². The van der Waals surface area contributed by atoms with Gasteiger partial charge in [-0.1, -0.05) is 152 Å². The first kappa shape index (κ1) is 31.7. The number of rotatable bonds is 5. The van der Waals surface area contributed by atoms with Crippen LogP contribution in [0.25, 0.3) is 105 Å². The van der Waals surface area contributed by atoms with Gasteiger partial charge in [0.15, 0.2) is 0 Å². The van der Waals surface area contributed by atoms with E-state index in [-0.39, 0.29) is 0 Å². The average Bonchev–Trinajstić information content (AvgIpc) is 3.92. The molecule has 0 aliphatic carbocycles. The molecule has 3 heterocycles. The molecule has 0 atom stereocenters. The van der Waals surface area contributed by atoms with Crippen molar-refractivity contribution in [3.8, 4) is 39.3 Å². The number of fused-ring (bicyclic) bond motifs is 10. The van der Waals surface area contributed by atoms with Crippen LogP contribution in [0.4, 0.5) is 0 Å². The van der Waals surface area contributed by atoms with Gasteiger partial charge in [-0.3, -0.25) is 0 Å². The van der Waals surface area contributed by atoms with Gasteiger partial charge in [0.2, 0.25) is 0 Å². The number of benzene rings is 9. The molecule has 3 heteroatoms. The lowest BCUT2D eigenvalue weighted by molar-refractivity contribution is 1.17. The lowest BCUT2D eigenvalue weighted by Crippen LogP contribution is -2.01. The maximum absolute atomic E-state index is 2.47. The van der Waals surface area contributed by atoms with Crippen molar-refractivity contribution in [1.82, 2.24) is 13.7 Å². The third kappa shape index (κ3) is 4.66. The Morgan fingerprint density at radius 2 is 0.614 bits per heavy atom. The van der Waals surface area contributed by atoms with E-state index in [1.54, 1.807) is 0 Å². The van der Waals surface area contributed by atoms with E-state index in [2.05, 4.69) is 226 Å². The Bertz CT molecular complexity index is 3440. The Labute approximate surface area is 329 Å². The van der Waals surface area contributed by atoms with Crippen LogP contribution in [0, 0.1) is 0 Å². The molecule has 0 amide bonds. The zero-order valence-electron chi connectivity index (χ0n) is 31.0. The van der Waals surface area contributed by atoms with Crippen molar-refractivity contribution < 1.29 is 0 Å². The molecule has 0 bridgehead atoms. The van der Waals surface area contributed by atoms with Crippen LogP contribution >= 0.6 is 0 Å². The molecule has 0 spiro atoms. The largest absolute Gasteiger partial charge is 0.309 e. The number of hydrogen-bond acceptors (Lipinski definition) is 0. The molecule has 12 aromatic rings. The summed E-state index contributed by atoms with van der Waals surface area (Å²) < 4.78 is 7.32. The smallest absolute Gasteiger partial charge is 0.0618 e. The van der Waals surface area contributed by atoms with Crippen LogP contribution in [0.5, 0.6) is 0 Å². The molecule has 9 aromatic carbocycles. The molecule has 0 N–H and O–H groups in total. The molecule has 0 fully saturated rings. The summed E-state index contributed by atoms with van der Waals surface area (Å²) in [4.78, 5) is 0. The fourth-order valence-electron chi connectivity index (χ4n) is 9.47. The van der Waals surface area contributed by atoms with Gasteiger partial charge in [0.1, 0.15) is 0 Å². The highest BCUT2D eigenvalue weighted by Gasteiger charge is 2.22. The SMILES string of the molecule is c1ccc(-c2cccc(-c3ccc(-n4c5ccccc5c5c6c7ccccc7n(-c7ccccc7)c6ccc54)cc3)c2-n2c3ccccc3c3ccccc32)cc1. The highest BCUT2D eigenvalue weighted by molar-refractivity contribution is 6.29. The standard InChI is InChI=1S/C54H35N3/c1-3-16-36(17-4-1)40-24-15-25-41(54(40)57-46-26-11-7-20-42(46)43-21-8-12-27-47(43)57)37-30-32-39(33-31-37)56-49-29-14-10-23-45(49)53-51(56)35-34-50-52(53)44-22-9-13-28-48(44)55(50)38-18-5-2-6-19-38/h1-35H. The molecule has 0 aliphatic heterocycles. The molecule has 12 rings (SSSR count). The predicted octanol–water partition coefficient (Wildman–Crippen LogP) is 14.3. The van der Waals surface area contributed by atoms with Crippen LogP contribution in [0.15, 0.2) is 212 Å². The van der Waals surface area contributed by atoms with Gasteiger partial charge in [-0.25, -0.2) is 0 Å². The third-order valence-electron chi connectivity index (χ3n) is 11.8. The molecule has 0 saturated heterocycles. The van der Waals surface area contributed by atoms with E-state index in [0.717, 1.165) is 5.69 Å². The fraction of sp³-hybridized carbons (Fsp3) is 0. The van der Waals surface area contributed by atoms with Crippen molar-refractivity contribution in [3.63, 3.8) is 0 Å². The maximum atomic E-state index is 2.47. The summed E-state index contributed by atoms with van der Waals surface area (Å²) in [5.41, 5.74) is 15.4. The Hall–Kier alpha value is -7.62. The second-order valence-corrected chi connectivity index (χ2v) is 14.9. The molecule has 0 radical (unpaired) electrons. The minimum atomic E-state index is 1.13. The van der Waals surface area contributed by atoms with Crippen molar-refractivity contribution in [1.29, 1.82) is 0 Å². The van der Waals surface area contributed by atoms with Crippen LogP contribution in [0.3, 0.4) is 0 Å². The van der Waals surface area contributed by atoms with Crippen LogP contribution in [0.2, 0.25) is 0 Å². The van der Waals surface area contributed by atoms with Crippen LogP contribution in [0.1, 0.15) is 0 Å². The maximum Gasteiger partial charge on any atom is 0.0618 e. The second kappa shape index (κ2) is 12.5. The summed E-state index contributed by atoms with van der Waals surface area (Å²) in [6.07, 6.45) is 0. The fourth-order valence-corrected chi connectivity index (χ4v) is 9.47. The lowest BCUT2D eigenvalue weighted by Gasteiger charge is -2.19. The summed E-state index contributed by atoms with van der Waals surface area (Å²) in [5.74, 6) is 0. The van der Waals surface area contributed by atoms with Crippen molar-refractivity contribution in [2.75, 3.05) is 0 Å². The van der Waals surface area contributed by atoms with Gasteiger partial charge in [-0.05, 0) is 71.8 Å². The summed E-state index contributed by atoms with van der Waals surface area (Å²) in [6.45, 7) is 0. The summed E-state index contributed by atoms with van der Waals surface area (Å²) >= 11 is 0. The molecular weight excluding hydrogens is 691 g/mol. The minimum Gasteiger partial charge on any atom is -0.309 e. The Morgan fingerprint density at radius 1 is 0.228 bits per heavy atom. The molecule has 0 unspecified atom stereocenters. The molecule has 3 aromatic heterocycles. The van der Waals surface area contributed by atoms with Crippen molar-refractivity contribution in [3.05, 3.63) is 212 Å². The summed E-state index contributed by atoms with van der Waals surface area (Å²) in [5, 5.41) is 7.59. The lowest BCUT2D eigenvalue weighted by atomic mass is 9.95. The first-order chi connectivity index (χ1) is 28.3. The highest BCUT2D eigenvalue weighted by atomic mass is 15.0. The Morgan fingerprint density at radius 3 is 1.12 bits per heavy atom. The monoisotopic (exact) mass is 725 g/mol. The van der Waals surface area contributed by atoms with E-state index in [1.807, 2.05) is 0 Å². The van der Waals surface area contributed by atoms with E-state index in [9.17, 15) is 0 Å². The van der Waals surface area contributed by atoms with Gasteiger partial charge in [0.25, 0.3) is 0 Å². The first-order valence-electron chi connectivity index (χ1n) is 19.6. The Kier molecular flexibility index (Phi) is 6.93. The zero-order valence-corrected chi connectivity index (χ0v) is 31.0. The molecule has 266 valence electrons. The van der Waals surface area contributed by atoms with Crippen molar-refractivity contribution >= 4 is 65.4 Å². The van der Waals surface area contributed by atoms with Crippen LogP contribution < -0.4 is 0 Å². The zero-order chi connectivity index (χ0) is 37.5. The van der Waals surface area contributed by atoms with Crippen molar-refractivity contribution in [2.45, 2.75) is 0 Å². The van der Waals surface area contributed by atoms with Gasteiger partial charge in [-0.15, -0.1) is 0 Å². The van der Waals surface area contributed by atoms with Gasteiger partial charge in [0, 0.05) is 54.8 Å². The highest BCUT2D eigenvalue weighted by Crippen LogP contribution is 2.44. The van der Waals surface area contributed by atoms with E-state index in [4.69, 9.17) is 0 Å². The predicted molar refractivity (Wildman–Crippen MR) is 240 cm³/mol. The molecular formula is C54H35N3. The van der Waals surface area contributed by atoms with Gasteiger partial charge in [-0.2, -0.15) is 0 Å². The van der Waals surface area contributed by atoms with E-state index < -0.39 is 0 Å². The van der Waals surface area contributed by atoms with Crippen LogP contribution in [-0.4, -0.2) is 13.7 Å².